The van der Waals surface area contributed by atoms with Crippen molar-refractivity contribution in [3.05, 3.63) is 41.9 Å². The highest BCUT2D eigenvalue weighted by Crippen LogP contribution is 2.09. The van der Waals surface area contributed by atoms with Gasteiger partial charge in [-0.2, -0.15) is 5.26 Å². The van der Waals surface area contributed by atoms with Gasteiger partial charge in [-0.3, -0.25) is 9.59 Å². The SMILES string of the molecule is CCOC(=O)CN/C=C(/C#N)C(=O)Nc1ccc(F)cc1. The lowest BCUT2D eigenvalue weighted by atomic mass is 10.2. The fourth-order valence-corrected chi connectivity index (χ4v) is 1.33. The first kappa shape index (κ1) is 16.2. The van der Waals surface area contributed by atoms with E-state index < -0.39 is 17.7 Å². The highest BCUT2D eigenvalue weighted by Gasteiger charge is 2.09. The summed E-state index contributed by atoms with van der Waals surface area (Å²) in [6, 6.07) is 6.81. The van der Waals surface area contributed by atoms with Crippen molar-refractivity contribution in [2.75, 3.05) is 18.5 Å². The van der Waals surface area contributed by atoms with Gasteiger partial charge in [-0.05, 0) is 31.2 Å². The summed E-state index contributed by atoms with van der Waals surface area (Å²) in [7, 11) is 0. The van der Waals surface area contributed by atoms with E-state index in [1.165, 1.54) is 24.3 Å². The molecule has 0 heterocycles. The number of amides is 1. The van der Waals surface area contributed by atoms with Gasteiger partial charge in [0, 0.05) is 11.9 Å². The van der Waals surface area contributed by atoms with Gasteiger partial charge in [-0.25, -0.2) is 4.39 Å². The first-order chi connectivity index (χ1) is 10.1. The summed E-state index contributed by atoms with van der Waals surface area (Å²) in [5, 5.41) is 13.8. The van der Waals surface area contributed by atoms with E-state index in [1.54, 1.807) is 13.0 Å². The first-order valence-corrected chi connectivity index (χ1v) is 6.13. The maximum atomic E-state index is 12.7. The molecule has 110 valence electrons. The first-order valence-electron chi connectivity index (χ1n) is 6.13. The Hall–Kier alpha value is -2.88. The maximum absolute atomic E-state index is 12.7. The summed E-state index contributed by atoms with van der Waals surface area (Å²) in [5.41, 5.74) is 0.136. The second-order valence-electron chi connectivity index (χ2n) is 3.82. The van der Waals surface area contributed by atoms with Crippen molar-refractivity contribution in [3.8, 4) is 6.07 Å². The standard InChI is InChI=1S/C14H14FN3O3/c1-2-21-13(19)9-17-8-10(7-16)14(20)18-12-5-3-11(15)4-6-12/h3-6,8,17H,2,9H2,1H3,(H,18,20)/b10-8-. The lowest BCUT2D eigenvalue weighted by Gasteiger charge is -2.05. The predicted octanol–water partition coefficient (Wildman–Crippen LogP) is 1.32. The molecule has 0 bridgehead atoms. The van der Waals surface area contributed by atoms with E-state index >= 15 is 0 Å². The van der Waals surface area contributed by atoms with Crippen LogP contribution in [0.4, 0.5) is 10.1 Å². The average molecular weight is 291 g/mol. The van der Waals surface area contributed by atoms with Crippen LogP contribution in [0.15, 0.2) is 36.0 Å². The Morgan fingerprint density at radius 3 is 2.62 bits per heavy atom. The molecule has 0 radical (unpaired) electrons. The van der Waals surface area contributed by atoms with Gasteiger partial charge in [-0.15, -0.1) is 0 Å². The minimum absolute atomic E-state index is 0.150. The summed E-state index contributed by atoms with van der Waals surface area (Å²) in [4.78, 5) is 22.9. The molecular formula is C14H14FN3O3. The largest absolute Gasteiger partial charge is 0.465 e. The number of carbonyl (C=O) groups is 2. The van der Waals surface area contributed by atoms with Gasteiger partial charge in [0.2, 0.25) is 0 Å². The lowest BCUT2D eigenvalue weighted by Crippen LogP contribution is -2.22. The second-order valence-corrected chi connectivity index (χ2v) is 3.82. The van der Waals surface area contributed by atoms with Crippen molar-refractivity contribution in [2.45, 2.75) is 6.92 Å². The number of hydrogen-bond acceptors (Lipinski definition) is 5. The number of hydrogen-bond donors (Lipinski definition) is 2. The molecule has 0 unspecified atom stereocenters. The van der Waals surface area contributed by atoms with Gasteiger partial charge < -0.3 is 15.4 Å². The van der Waals surface area contributed by atoms with Crippen LogP contribution in [-0.4, -0.2) is 25.0 Å². The Kier molecular flexibility index (Phi) is 6.41. The quantitative estimate of drug-likeness (QED) is 0.468. The normalized spacial score (nSPS) is 10.4. The molecule has 1 rings (SSSR count). The minimum atomic E-state index is -0.666. The van der Waals surface area contributed by atoms with Crippen molar-refractivity contribution in [1.82, 2.24) is 5.32 Å². The van der Waals surface area contributed by atoms with Gasteiger partial charge in [-0.1, -0.05) is 0 Å². The molecule has 1 amide bonds. The summed E-state index contributed by atoms with van der Waals surface area (Å²) in [6.07, 6.45) is 1.12. The third kappa shape index (κ3) is 5.74. The highest BCUT2D eigenvalue weighted by atomic mass is 19.1. The summed E-state index contributed by atoms with van der Waals surface area (Å²) in [6.45, 7) is 1.77. The lowest BCUT2D eigenvalue weighted by molar-refractivity contribution is -0.141. The Morgan fingerprint density at radius 1 is 1.38 bits per heavy atom. The smallest absolute Gasteiger partial charge is 0.325 e. The second kappa shape index (κ2) is 8.32. The molecule has 2 N–H and O–H groups in total. The molecule has 7 heteroatoms. The number of nitrogens with one attached hydrogen (secondary N) is 2. The number of anilines is 1. The number of nitrogens with zero attached hydrogens (tertiary/aromatic N) is 1. The van der Waals surface area contributed by atoms with E-state index in [2.05, 4.69) is 15.4 Å². The van der Waals surface area contributed by atoms with Crippen LogP contribution in [0.25, 0.3) is 0 Å². The molecule has 0 fully saturated rings. The number of nitriles is 1. The highest BCUT2D eigenvalue weighted by molar-refractivity contribution is 6.06. The van der Waals surface area contributed by atoms with Crippen molar-refractivity contribution < 1.29 is 18.7 Å². The van der Waals surface area contributed by atoms with Gasteiger partial charge in [0.25, 0.3) is 5.91 Å². The van der Waals surface area contributed by atoms with Crippen LogP contribution in [0, 0.1) is 17.1 Å². The fourth-order valence-electron chi connectivity index (χ4n) is 1.33. The van der Waals surface area contributed by atoms with Crippen LogP contribution in [0.1, 0.15) is 6.92 Å². The third-order valence-corrected chi connectivity index (χ3v) is 2.27. The van der Waals surface area contributed by atoms with Gasteiger partial charge >= 0.3 is 5.97 Å². The summed E-state index contributed by atoms with van der Waals surface area (Å²) >= 11 is 0. The zero-order chi connectivity index (χ0) is 15.7. The van der Waals surface area contributed by atoms with Crippen LogP contribution in [0.3, 0.4) is 0 Å². The Balaban J connectivity index is 2.58. The molecule has 0 saturated carbocycles. The molecule has 21 heavy (non-hydrogen) atoms. The Morgan fingerprint density at radius 2 is 2.05 bits per heavy atom. The minimum Gasteiger partial charge on any atom is -0.465 e. The average Bonchev–Trinajstić information content (AvgIpc) is 2.46. The maximum Gasteiger partial charge on any atom is 0.325 e. The van der Waals surface area contributed by atoms with Crippen molar-refractivity contribution in [2.24, 2.45) is 0 Å². The molecule has 0 aliphatic rings. The molecule has 0 aromatic heterocycles. The van der Waals surface area contributed by atoms with E-state index in [4.69, 9.17) is 5.26 Å². The van der Waals surface area contributed by atoms with Crippen molar-refractivity contribution >= 4 is 17.6 Å². The van der Waals surface area contributed by atoms with E-state index in [0.717, 1.165) is 6.20 Å². The predicted molar refractivity (Wildman–Crippen MR) is 73.4 cm³/mol. The molecule has 0 aliphatic carbocycles. The topological polar surface area (TPSA) is 91.2 Å². The summed E-state index contributed by atoms with van der Waals surface area (Å²) in [5.74, 6) is -1.59. The zero-order valence-corrected chi connectivity index (χ0v) is 11.4. The Bertz CT molecular complexity index is 576. The van der Waals surface area contributed by atoms with Crippen LogP contribution in [0.5, 0.6) is 0 Å². The van der Waals surface area contributed by atoms with E-state index in [-0.39, 0.29) is 18.7 Å². The monoisotopic (exact) mass is 291 g/mol. The van der Waals surface area contributed by atoms with Crippen LogP contribution < -0.4 is 10.6 Å². The van der Waals surface area contributed by atoms with Crippen LogP contribution in [0.2, 0.25) is 0 Å². The molecule has 0 aliphatic heterocycles. The molecule has 1 aromatic carbocycles. The van der Waals surface area contributed by atoms with E-state index in [0.29, 0.717) is 5.69 Å². The van der Waals surface area contributed by atoms with Crippen molar-refractivity contribution in [1.29, 1.82) is 5.26 Å². The van der Waals surface area contributed by atoms with Crippen molar-refractivity contribution in [3.63, 3.8) is 0 Å². The molecule has 0 spiro atoms. The van der Waals surface area contributed by atoms with Gasteiger partial charge in [0.05, 0.1) is 6.61 Å². The number of esters is 1. The summed E-state index contributed by atoms with van der Waals surface area (Å²) < 4.78 is 17.4. The van der Waals surface area contributed by atoms with Gasteiger partial charge in [0.1, 0.15) is 24.0 Å². The molecule has 6 nitrogen and oxygen atoms in total. The number of carbonyl (C=O) groups excluding carboxylic acids is 2. The zero-order valence-electron chi connectivity index (χ0n) is 11.4. The molecule has 1 aromatic rings. The molecule has 0 saturated heterocycles. The number of benzene rings is 1. The van der Waals surface area contributed by atoms with Crippen LogP contribution in [-0.2, 0) is 14.3 Å². The number of ether oxygens (including phenoxy) is 1. The molecular weight excluding hydrogens is 277 g/mol. The molecule has 0 atom stereocenters. The number of halogens is 1. The fraction of sp³-hybridized carbons (Fsp3) is 0.214. The van der Waals surface area contributed by atoms with Gasteiger partial charge in [0.15, 0.2) is 0 Å². The third-order valence-electron chi connectivity index (χ3n) is 2.27. The van der Waals surface area contributed by atoms with E-state index in [9.17, 15) is 14.0 Å². The Labute approximate surface area is 121 Å². The number of rotatable bonds is 6. The van der Waals surface area contributed by atoms with Crippen LogP contribution >= 0.6 is 0 Å². The van der Waals surface area contributed by atoms with E-state index in [1.807, 2.05) is 0 Å².